The molecule has 53 heavy (non-hydrogen) atoms. The van der Waals surface area contributed by atoms with Crippen LogP contribution in [0, 0.1) is 11.8 Å². The van der Waals surface area contributed by atoms with Gasteiger partial charge in [-0.25, -0.2) is 20.0 Å². The molecule has 3 unspecified atom stereocenters. The molecule has 0 saturated heterocycles. The lowest BCUT2D eigenvalue weighted by Gasteiger charge is -2.26. The van der Waals surface area contributed by atoms with Crippen LogP contribution < -0.4 is 21.3 Å². The number of amides is 4. The lowest BCUT2D eigenvalue weighted by molar-refractivity contribution is -0.131. The minimum atomic E-state index is -0.910. The largest absolute Gasteiger partial charge is 0.470 e. The molecule has 14 nitrogen and oxygen atoms in total. The molecule has 8 bridgehead atoms. The van der Waals surface area contributed by atoms with Crippen LogP contribution in [0.15, 0.2) is 51.1 Å². The van der Waals surface area contributed by atoms with E-state index in [4.69, 9.17) is 14.5 Å². The molecule has 3 aromatic rings. The maximum absolute atomic E-state index is 14.0. The summed E-state index contributed by atoms with van der Waals surface area (Å²) >= 11 is 2.65. The molecule has 3 aliphatic rings. The van der Waals surface area contributed by atoms with Crippen LogP contribution in [-0.4, -0.2) is 81.8 Å². The molecule has 3 aliphatic heterocycles. The predicted molar refractivity (Wildman–Crippen MR) is 202 cm³/mol. The predicted octanol–water partition coefficient (Wildman–Crippen LogP) is 3.63. The Bertz CT molecular complexity index is 1890. The minimum absolute atomic E-state index is 0.184. The second-order valence-corrected chi connectivity index (χ2v) is 15.9. The Balaban J connectivity index is 1.37. The summed E-state index contributed by atoms with van der Waals surface area (Å²) in [6, 6.07) is 5.13. The van der Waals surface area contributed by atoms with E-state index >= 15 is 0 Å². The van der Waals surface area contributed by atoms with E-state index in [2.05, 4.69) is 36.2 Å². The molecule has 16 heteroatoms. The van der Waals surface area contributed by atoms with E-state index in [1.807, 2.05) is 65.0 Å². The van der Waals surface area contributed by atoms with Gasteiger partial charge in [0.05, 0.1) is 12.1 Å². The number of hydrogen-bond acceptors (Lipinski definition) is 12. The standard InChI is InChI=1S/C37H46N8O6S2/c1-8-18(4)27-31(47)38-19(5)36-40-24(15-52-36)34-44-28(20(6)50-34)32(48)42-26(17(2)3)30(46)39-23(14-22-12-10-9-11-13-22)37-41-25(16-53-37)35-45-29(21(7)51-35)33(49)43-27/h9-13,15-21,23,26-29H,8,14H2,1-7H3,(H,38,47)(H,39,46)(H,42,48)(H,43,49)/t18?,19?,20-,21-,23?,26+,27+,28+,29+/m1/s1. The van der Waals surface area contributed by atoms with Crippen LogP contribution in [0.5, 0.6) is 0 Å². The molecule has 6 rings (SSSR count). The Kier molecular flexibility index (Phi) is 11.6. The lowest BCUT2D eigenvalue weighted by Crippen LogP contribution is -2.53. The van der Waals surface area contributed by atoms with Crippen LogP contribution in [0.2, 0.25) is 0 Å². The number of hydrogen-bond donors (Lipinski definition) is 4. The topological polar surface area (TPSA) is 185 Å². The van der Waals surface area contributed by atoms with E-state index in [-0.39, 0.29) is 35.4 Å². The average Bonchev–Trinajstić information content (AvgIpc) is 3.95. The summed E-state index contributed by atoms with van der Waals surface area (Å²) < 4.78 is 12.1. The zero-order chi connectivity index (χ0) is 38.0. The van der Waals surface area contributed by atoms with Crippen molar-refractivity contribution in [3.8, 4) is 0 Å². The molecule has 2 aromatic heterocycles. The molecule has 9 atom stereocenters. The summed E-state index contributed by atoms with van der Waals surface area (Å²) in [5.41, 5.74) is 1.84. The van der Waals surface area contributed by atoms with Crippen molar-refractivity contribution in [1.29, 1.82) is 0 Å². The van der Waals surface area contributed by atoms with Crippen LogP contribution in [0.1, 0.15) is 93.9 Å². The summed E-state index contributed by atoms with van der Waals surface area (Å²) in [5, 5.41) is 16.7. The highest BCUT2D eigenvalue weighted by Crippen LogP contribution is 2.28. The Hall–Kier alpha value is -4.70. The Morgan fingerprint density at radius 3 is 1.79 bits per heavy atom. The molecule has 5 heterocycles. The van der Waals surface area contributed by atoms with Crippen molar-refractivity contribution < 1.29 is 28.7 Å². The van der Waals surface area contributed by atoms with Gasteiger partial charge in [0.15, 0.2) is 12.1 Å². The van der Waals surface area contributed by atoms with Crippen LogP contribution >= 0.6 is 22.7 Å². The molecule has 282 valence electrons. The Morgan fingerprint density at radius 2 is 1.23 bits per heavy atom. The smallest absolute Gasteiger partial charge is 0.249 e. The quantitative estimate of drug-likeness (QED) is 0.304. The van der Waals surface area contributed by atoms with Gasteiger partial charge >= 0.3 is 0 Å². The number of thiazole rings is 2. The van der Waals surface area contributed by atoms with Gasteiger partial charge in [0.25, 0.3) is 0 Å². The first kappa shape index (κ1) is 38.0. The highest BCUT2D eigenvalue weighted by Gasteiger charge is 2.40. The molecule has 0 radical (unpaired) electrons. The highest BCUT2D eigenvalue weighted by molar-refractivity contribution is 7.10. The van der Waals surface area contributed by atoms with Gasteiger partial charge in [0, 0.05) is 10.8 Å². The van der Waals surface area contributed by atoms with Crippen LogP contribution in [0.25, 0.3) is 0 Å². The van der Waals surface area contributed by atoms with Crippen LogP contribution in [0.4, 0.5) is 0 Å². The number of aliphatic imine (C=N–C) groups is 2. The number of nitrogens with one attached hydrogen (secondary N) is 4. The van der Waals surface area contributed by atoms with Gasteiger partial charge in [0.2, 0.25) is 35.4 Å². The van der Waals surface area contributed by atoms with Gasteiger partial charge in [-0.15, -0.1) is 22.7 Å². The second-order valence-electron chi connectivity index (χ2n) is 14.1. The number of fused-ring (bicyclic) bond motifs is 8. The highest BCUT2D eigenvalue weighted by atomic mass is 32.1. The van der Waals surface area contributed by atoms with Crippen molar-refractivity contribution in [2.45, 2.75) is 110 Å². The number of carbonyl (C=O) groups is 4. The number of carbonyl (C=O) groups excluding carboxylic acids is 4. The summed E-state index contributed by atoms with van der Waals surface area (Å²) in [7, 11) is 0. The van der Waals surface area contributed by atoms with Crippen molar-refractivity contribution >= 4 is 58.1 Å². The summed E-state index contributed by atoms with van der Waals surface area (Å²) in [6.45, 7) is 12.9. The maximum Gasteiger partial charge on any atom is 0.249 e. The van der Waals surface area contributed by atoms with Gasteiger partial charge in [-0.05, 0) is 44.6 Å². The SMILES string of the molecule is CCC(C)[C@@H]1NC(=O)[C@H]2N=C(O[C@@H]2C)c2csc(n2)C(Cc2ccccc2)NC(=O)[C@H](C(C)C)NC(=O)[C@H]2N=C(O[C@@H]2C)c2csc(n2)C(C)NC1=O. The molecule has 0 fully saturated rings. The van der Waals surface area contributed by atoms with E-state index < -0.39 is 60.3 Å². The first-order valence-electron chi connectivity index (χ1n) is 18.0. The monoisotopic (exact) mass is 762 g/mol. The average molecular weight is 763 g/mol. The summed E-state index contributed by atoms with van der Waals surface area (Å²) in [5.74, 6) is -1.62. The zero-order valence-corrected chi connectivity index (χ0v) is 32.4. The van der Waals surface area contributed by atoms with Crippen molar-refractivity contribution in [2.24, 2.45) is 21.8 Å². The lowest BCUT2D eigenvalue weighted by atomic mass is 9.97. The number of benzene rings is 1. The molecular weight excluding hydrogens is 717 g/mol. The van der Waals surface area contributed by atoms with E-state index in [9.17, 15) is 19.2 Å². The second kappa shape index (κ2) is 16.1. The summed E-state index contributed by atoms with van der Waals surface area (Å²) in [4.78, 5) is 73.8. The number of ether oxygens (including phenoxy) is 2. The van der Waals surface area contributed by atoms with Crippen molar-refractivity contribution in [1.82, 2.24) is 31.2 Å². The number of aromatic nitrogens is 2. The molecule has 4 N–H and O–H groups in total. The number of rotatable bonds is 5. The third kappa shape index (κ3) is 8.43. The molecule has 4 amide bonds. The molecule has 0 saturated carbocycles. The van der Waals surface area contributed by atoms with Gasteiger partial charge < -0.3 is 30.7 Å². The normalized spacial score (nSPS) is 28.7. The molecule has 0 aliphatic carbocycles. The first-order chi connectivity index (χ1) is 25.3. The van der Waals surface area contributed by atoms with E-state index in [1.54, 1.807) is 24.6 Å². The Morgan fingerprint density at radius 1 is 0.698 bits per heavy atom. The molecular formula is C37H46N8O6S2. The van der Waals surface area contributed by atoms with Crippen molar-refractivity contribution in [3.05, 3.63) is 68.1 Å². The maximum atomic E-state index is 14.0. The van der Waals surface area contributed by atoms with Gasteiger partial charge in [-0.1, -0.05) is 64.4 Å². The third-order valence-electron chi connectivity index (χ3n) is 9.68. The van der Waals surface area contributed by atoms with Crippen LogP contribution in [-0.2, 0) is 35.1 Å². The van der Waals surface area contributed by atoms with E-state index in [0.717, 1.165) is 5.56 Å². The van der Waals surface area contributed by atoms with Gasteiger partial charge in [-0.2, -0.15) is 0 Å². The summed E-state index contributed by atoms with van der Waals surface area (Å²) in [6.07, 6.45) is -0.151. The van der Waals surface area contributed by atoms with Crippen molar-refractivity contribution in [3.63, 3.8) is 0 Å². The Labute approximate surface area is 316 Å². The fourth-order valence-corrected chi connectivity index (χ4v) is 7.97. The van der Waals surface area contributed by atoms with Gasteiger partial charge in [-0.3, -0.25) is 19.2 Å². The first-order valence-corrected chi connectivity index (χ1v) is 19.7. The van der Waals surface area contributed by atoms with Crippen LogP contribution in [0.3, 0.4) is 0 Å². The van der Waals surface area contributed by atoms with Gasteiger partial charge in [0.1, 0.15) is 45.7 Å². The fraction of sp³-hybridized carbons (Fsp3) is 0.514. The van der Waals surface area contributed by atoms with E-state index in [0.29, 0.717) is 34.2 Å². The number of nitrogens with zero attached hydrogens (tertiary/aromatic N) is 4. The molecule has 1 aromatic carbocycles. The third-order valence-corrected chi connectivity index (χ3v) is 11.7. The van der Waals surface area contributed by atoms with E-state index in [1.165, 1.54) is 22.7 Å². The zero-order valence-electron chi connectivity index (χ0n) is 30.8. The molecule has 0 spiro atoms. The fourth-order valence-electron chi connectivity index (χ4n) is 6.32. The minimum Gasteiger partial charge on any atom is -0.470 e. The van der Waals surface area contributed by atoms with Crippen molar-refractivity contribution in [2.75, 3.05) is 0 Å².